The first-order valence-corrected chi connectivity index (χ1v) is 7.02. The molecule has 2 N–H and O–H groups in total. The molecule has 1 aromatic carbocycles. The SMILES string of the molecule is CC(CC(=O)Nc1cccc(F)c1F)C1CCCNC1. The van der Waals surface area contributed by atoms with E-state index >= 15 is 0 Å². The fourth-order valence-electron chi connectivity index (χ4n) is 2.63. The van der Waals surface area contributed by atoms with Gasteiger partial charge >= 0.3 is 0 Å². The predicted octanol–water partition coefficient (Wildman–Crippen LogP) is 2.93. The Balaban J connectivity index is 1.90. The van der Waals surface area contributed by atoms with Crippen LogP contribution >= 0.6 is 0 Å². The summed E-state index contributed by atoms with van der Waals surface area (Å²) in [6.45, 7) is 3.98. The Kier molecular flexibility index (Phi) is 5.06. The van der Waals surface area contributed by atoms with Gasteiger partial charge in [-0.1, -0.05) is 13.0 Å². The minimum atomic E-state index is -1.01. The number of nitrogens with one attached hydrogen (secondary N) is 2. The number of hydrogen-bond acceptors (Lipinski definition) is 2. The zero-order chi connectivity index (χ0) is 14.5. The van der Waals surface area contributed by atoms with E-state index in [4.69, 9.17) is 0 Å². The molecule has 2 atom stereocenters. The molecule has 2 unspecified atom stereocenters. The molecule has 1 saturated heterocycles. The summed E-state index contributed by atoms with van der Waals surface area (Å²) in [5, 5.41) is 5.76. The number of piperidine rings is 1. The van der Waals surface area contributed by atoms with Gasteiger partial charge in [0.2, 0.25) is 5.91 Å². The van der Waals surface area contributed by atoms with Crippen molar-refractivity contribution in [3.63, 3.8) is 0 Å². The third-order valence-electron chi connectivity index (χ3n) is 3.87. The Morgan fingerprint density at radius 3 is 3.00 bits per heavy atom. The van der Waals surface area contributed by atoms with Crippen molar-refractivity contribution < 1.29 is 13.6 Å². The lowest BCUT2D eigenvalue weighted by molar-refractivity contribution is -0.117. The van der Waals surface area contributed by atoms with Gasteiger partial charge in [-0.15, -0.1) is 0 Å². The molecule has 1 heterocycles. The lowest BCUT2D eigenvalue weighted by atomic mass is 9.85. The Morgan fingerprint density at radius 2 is 2.30 bits per heavy atom. The van der Waals surface area contributed by atoms with Crippen LogP contribution in [0.2, 0.25) is 0 Å². The topological polar surface area (TPSA) is 41.1 Å². The van der Waals surface area contributed by atoms with Crippen LogP contribution in [0.3, 0.4) is 0 Å². The smallest absolute Gasteiger partial charge is 0.224 e. The maximum Gasteiger partial charge on any atom is 0.224 e. The van der Waals surface area contributed by atoms with Crippen molar-refractivity contribution in [1.29, 1.82) is 0 Å². The molecular weight excluding hydrogens is 262 g/mol. The van der Waals surface area contributed by atoms with Crippen LogP contribution in [-0.4, -0.2) is 19.0 Å². The average Bonchev–Trinajstić information content (AvgIpc) is 2.45. The molecule has 0 bridgehead atoms. The molecule has 5 heteroatoms. The average molecular weight is 282 g/mol. The molecule has 0 radical (unpaired) electrons. The summed E-state index contributed by atoms with van der Waals surface area (Å²) < 4.78 is 26.5. The minimum Gasteiger partial charge on any atom is -0.323 e. The summed E-state index contributed by atoms with van der Waals surface area (Å²) in [5.74, 6) is -1.54. The van der Waals surface area contributed by atoms with Crippen LogP contribution in [-0.2, 0) is 4.79 Å². The van der Waals surface area contributed by atoms with Crippen molar-refractivity contribution in [3.05, 3.63) is 29.8 Å². The normalized spacial score (nSPS) is 20.4. The first-order chi connectivity index (χ1) is 9.58. The van der Waals surface area contributed by atoms with Crippen molar-refractivity contribution in [2.24, 2.45) is 11.8 Å². The molecule has 1 fully saturated rings. The van der Waals surface area contributed by atoms with Crippen LogP contribution in [0.5, 0.6) is 0 Å². The van der Waals surface area contributed by atoms with E-state index in [1.165, 1.54) is 12.1 Å². The standard InChI is InChI=1S/C15H20F2N2O/c1-10(11-4-3-7-18-9-11)8-14(20)19-13-6-2-5-12(16)15(13)17/h2,5-6,10-11,18H,3-4,7-9H2,1H3,(H,19,20). The van der Waals surface area contributed by atoms with Crippen molar-refractivity contribution in [1.82, 2.24) is 5.32 Å². The maximum atomic E-state index is 13.5. The summed E-state index contributed by atoms with van der Waals surface area (Å²) >= 11 is 0. The molecule has 3 nitrogen and oxygen atoms in total. The van der Waals surface area contributed by atoms with Crippen molar-refractivity contribution in [2.75, 3.05) is 18.4 Å². The highest BCUT2D eigenvalue weighted by atomic mass is 19.2. The number of carbonyl (C=O) groups is 1. The number of hydrogen-bond donors (Lipinski definition) is 2. The second-order valence-electron chi connectivity index (χ2n) is 5.44. The van der Waals surface area contributed by atoms with Crippen LogP contribution in [0, 0.1) is 23.5 Å². The summed E-state index contributed by atoms with van der Waals surface area (Å²) in [6.07, 6.45) is 2.55. The van der Waals surface area contributed by atoms with E-state index in [2.05, 4.69) is 10.6 Å². The van der Waals surface area contributed by atoms with Gasteiger partial charge in [-0.3, -0.25) is 4.79 Å². The van der Waals surface area contributed by atoms with Gasteiger partial charge in [0, 0.05) is 6.42 Å². The molecule has 20 heavy (non-hydrogen) atoms. The van der Waals surface area contributed by atoms with E-state index in [0.717, 1.165) is 32.0 Å². The van der Waals surface area contributed by atoms with Gasteiger partial charge < -0.3 is 10.6 Å². The molecule has 0 spiro atoms. The Morgan fingerprint density at radius 1 is 1.50 bits per heavy atom. The molecule has 110 valence electrons. The van der Waals surface area contributed by atoms with Gasteiger partial charge in [-0.2, -0.15) is 0 Å². The summed E-state index contributed by atoms with van der Waals surface area (Å²) in [5.41, 5.74) is -0.0935. The first-order valence-electron chi connectivity index (χ1n) is 7.02. The van der Waals surface area contributed by atoms with Gasteiger partial charge in [0.05, 0.1) is 5.69 Å². The first kappa shape index (κ1) is 14.9. The van der Waals surface area contributed by atoms with Gasteiger partial charge in [0.1, 0.15) is 0 Å². The van der Waals surface area contributed by atoms with E-state index in [1.807, 2.05) is 6.92 Å². The molecule has 0 saturated carbocycles. The second kappa shape index (κ2) is 6.79. The number of rotatable bonds is 4. The molecule has 1 aliphatic heterocycles. The van der Waals surface area contributed by atoms with Gasteiger partial charge in [-0.05, 0) is 49.9 Å². The summed E-state index contributed by atoms with van der Waals surface area (Å²) in [6, 6.07) is 3.77. The van der Waals surface area contributed by atoms with E-state index < -0.39 is 11.6 Å². The van der Waals surface area contributed by atoms with Gasteiger partial charge in [0.25, 0.3) is 0 Å². The largest absolute Gasteiger partial charge is 0.323 e. The highest BCUT2D eigenvalue weighted by molar-refractivity contribution is 5.90. The quantitative estimate of drug-likeness (QED) is 0.891. The summed E-state index contributed by atoms with van der Waals surface area (Å²) in [7, 11) is 0. The minimum absolute atomic E-state index is 0.0935. The van der Waals surface area contributed by atoms with E-state index in [9.17, 15) is 13.6 Å². The number of benzene rings is 1. The molecule has 0 aromatic heterocycles. The molecule has 1 aliphatic rings. The van der Waals surface area contributed by atoms with Crippen LogP contribution < -0.4 is 10.6 Å². The number of amides is 1. The Labute approximate surface area is 117 Å². The zero-order valence-electron chi connectivity index (χ0n) is 11.6. The second-order valence-corrected chi connectivity index (χ2v) is 5.44. The van der Waals surface area contributed by atoms with Crippen LogP contribution in [0.15, 0.2) is 18.2 Å². The van der Waals surface area contributed by atoms with Gasteiger partial charge in [-0.25, -0.2) is 8.78 Å². The molecule has 0 aliphatic carbocycles. The van der Waals surface area contributed by atoms with E-state index in [-0.39, 0.29) is 17.5 Å². The van der Waals surface area contributed by atoms with Crippen LogP contribution in [0.1, 0.15) is 26.2 Å². The fraction of sp³-hybridized carbons (Fsp3) is 0.533. The van der Waals surface area contributed by atoms with Crippen molar-refractivity contribution >= 4 is 11.6 Å². The van der Waals surface area contributed by atoms with Gasteiger partial charge in [0.15, 0.2) is 11.6 Å². The lowest BCUT2D eigenvalue weighted by Gasteiger charge is -2.28. The third-order valence-corrected chi connectivity index (χ3v) is 3.87. The molecule has 1 amide bonds. The van der Waals surface area contributed by atoms with E-state index in [1.54, 1.807) is 0 Å². The zero-order valence-corrected chi connectivity index (χ0v) is 11.6. The fourth-order valence-corrected chi connectivity index (χ4v) is 2.63. The molecule has 1 aromatic rings. The molecule has 2 rings (SSSR count). The predicted molar refractivity (Wildman–Crippen MR) is 74.4 cm³/mol. The maximum absolute atomic E-state index is 13.5. The summed E-state index contributed by atoms with van der Waals surface area (Å²) in [4.78, 5) is 11.9. The van der Waals surface area contributed by atoms with Crippen LogP contribution in [0.25, 0.3) is 0 Å². The number of anilines is 1. The van der Waals surface area contributed by atoms with Crippen molar-refractivity contribution in [3.8, 4) is 0 Å². The van der Waals surface area contributed by atoms with Crippen molar-refractivity contribution in [2.45, 2.75) is 26.2 Å². The number of halogens is 2. The highest BCUT2D eigenvalue weighted by Gasteiger charge is 2.22. The highest BCUT2D eigenvalue weighted by Crippen LogP contribution is 2.23. The Hall–Kier alpha value is -1.49. The van der Waals surface area contributed by atoms with Crippen LogP contribution in [0.4, 0.5) is 14.5 Å². The third kappa shape index (κ3) is 3.76. The lowest BCUT2D eigenvalue weighted by Crippen LogP contribution is -2.34. The van der Waals surface area contributed by atoms with E-state index in [0.29, 0.717) is 12.3 Å². The molecular formula is C15H20F2N2O. The monoisotopic (exact) mass is 282 g/mol. The number of carbonyl (C=O) groups excluding carboxylic acids is 1. The Bertz CT molecular complexity index is 473.